The molecule has 6 N–H and O–H groups in total. The molecule has 0 spiro atoms. The van der Waals surface area contributed by atoms with Crippen molar-refractivity contribution in [1.82, 2.24) is 15.0 Å². The lowest BCUT2D eigenvalue weighted by molar-refractivity contribution is 0.0989. The van der Waals surface area contributed by atoms with Crippen LogP contribution in [0.15, 0.2) is 48.9 Å². The van der Waals surface area contributed by atoms with Crippen LogP contribution in [0.4, 0.5) is 15.8 Å². The van der Waals surface area contributed by atoms with Crippen molar-refractivity contribution in [3.8, 4) is 11.4 Å². The fraction of sp³-hybridized carbons (Fsp3) is 0.304. The molecule has 1 saturated heterocycles. The van der Waals surface area contributed by atoms with Gasteiger partial charge in [-0.2, -0.15) is 0 Å². The summed E-state index contributed by atoms with van der Waals surface area (Å²) >= 11 is 0. The summed E-state index contributed by atoms with van der Waals surface area (Å²) in [5.74, 6) is -0.676. The van der Waals surface area contributed by atoms with Gasteiger partial charge in [-0.15, -0.1) is 0 Å². The van der Waals surface area contributed by atoms with Crippen LogP contribution in [-0.2, 0) is 6.42 Å². The number of Topliss-reactive ketones (excluding diaryl/α,β-unsaturated/α-hetero) is 1. The van der Waals surface area contributed by atoms with Crippen LogP contribution in [0, 0.1) is 5.82 Å². The Kier molecular flexibility index (Phi) is 7.12. The van der Waals surface area contributed by atoms with E-state index in [1.54, 1.807) is 30.6 Å². The van der Waals surface area contributed by atoms with Crippen molar-refractivity contribution in [2.75, 3.05) is 23.7 Å². The number of rotatable bonds is 5. The van der Waals surface area contributed by atoms with Crippen molar-refractivity contribution < 1.29 is 9.18 Å². The number of hydrogen-bond acceptors (Lipinski definition) is 8. The third kappa shape index (κ3) is 4.90. The molecule has 0 unspecified atom stereocenters. The van der Waals surface area contributed by atoms with Crippen LogP contribution in [0.25, 0.3) is 11.4 Å². The van der Waals surface area contributed by atoms with E-state index in [9.17, 15) is 9.18 Å². The van der Waals surface area contributed by atoms with Crippen molar-refractivity contribution in [3.05, 3.63) is 66.0 Å². The Balaban J connectivity index is 0.00000289. The standard InChI is InChI=1S/C22H24FN7O.CH4/c23-17-4-2-1-3-16(17)22-28-10-18(26)21(29-22)20(31)7-13-9-27-6-5-19(13)30-11-14(24)8-15(25)12-30;/h1-6,9-10,14-15H,7-8,11-12,24-26H2;1H4/t14-,15+;. The Labute approximate surface area is 186 Å². The number of carbonyl (C=O) groups excluding carboxylic acids is 1. The highest BCUT2D eigenvalue weighted by molar-refractivity contribution is 6.00. The highest BCUT2D eigenvalue weighted by atomic mass is 19.1. The van der Waals surface area contributed by atoms with E-state index in [4.69, 9.17) is 17.2 Å². The minimum absolute atomic E-state index is 0. The average Bonchev–Trinajstić information content (AvgIpc) is 2.74. The van der Waals surface area contributed by atoms with E-state index in [1.807, 2.05) is 6.07 Å². The van der Waals surface area contributed by atoms with Gasteiger partial charge in [0.25, 0.3) is 0 Å². The van der Waals surface area contributed by atoms with E-state index in [-0.39, 0.29) is 54.5 Å². The second kappa shape index (κ2) is 9.80. The van der Waals surface area contributed by atoms with Crippen molar-refractivity contribution in [2.24, 2.45) is 11.5 Å². The van der Waals surface area contributed by atoms with Gasteiger partial charge >= 0.3 is 0 Å². The van der Waals surface area contributed by atoms with Gasteiger partial charge in [-0.05, 0) is 24.6 Å². The molecule has 9 heteroatoms. The van der Waals surface area contributed by atoms with E-state index in [0.717, 1.165) is 17.7 Å². The van der Waals surface area contributed by atoms with Crippen molar-refractivity contribution >= 4 is 17.2 Å². The van der Waals surface area contributed by atoms with E-state index >= 15 is 0 Å². The van der Waals surface area contributed by atoms with Gasteiger partial charge in [0.05, 0.1) is 17.4 Å². The first-order valence-corrected chi connectivity index (χ1v) is 10.0. The molecule has 2 atom stereocenters. The number of aromatic nitrogens is 3. The SMILES string of the molecule is C.Nc1cnc(-c2ccccc2F)nc1C(=O)Cc1cnccc1N1C[C@H](N)C[C@H](N)C1. The van der Waals surface area contributed by atoms with Crippen LogP contribution >= 0.6 is 0 Å². The van der Waals surface area contributed by atoms with Crippen LogP contribution in [0.2, 0.25) is 0 Å². The molecule has 0 aliphatic carbocycles. The number of nitrogen functional groups attached to an aromatic ring is 1. The topological polar surface area (TPSA) is 137 Å². The molecule has 3 aromatic rings. The van der Waals surface area contributed by atoms with Crippen LogP contribution in [0.3, 0.4) is 0 Å². The number of anilines is 2. The predicted molar refractivity (Wildman–Crippen MR) is 124 cm³/mol. The molecule has 168 valence electrons. The smallest absolute Gasteiger partial charge is 0.187 e. The normalized spacial score (nSPS) is 18.2. The molecule has 0 bridgehead atoms. The largest absolute Gasteiger partial charge is 0.396 e. The lowest BCUT2D eigenvalue weighted by Gasteiger charge is -2.37. The van der Waals surface area contributed by atoms with Gasteiger partial charge in [-0.3, -0.25) is 9.78 Å². The van der Waals surface area contributed by atoms with Crippen molar-refractivity contribution in [1.29, 1.82) is 0 Å². The fourth-order valence-electron chi connectivity index (χ4n) is 3.88. The van der Waals surface area contributed by atoms with Crippen LogP contribution in [0.5, 0.6) is 0 Å². The molecule has 3 heterocycles. The minimum Gasteiger partial charge on any atom is -0.396 e. The van der Waals surface area contributed by atoms with E-state index < -0.39 is 5.82 Å². The molecule has 0 saturated carbocycles. The Morgan fingerprint density at radius 1 is 1.12 bits per heavy atom. The number of benzene rings is 1. The van der Waals surface area contributed by atoms with E-state index in [2.05, 4.69) is 19.9 Å². The molecule has 32 heavy (non-hydrogen) atoms. The Morgan fingerprint density at radius 3 is 2.56 bits per heavy atom. The summed E-state index contributed by atoms with van der Waals surface area (Å²) in [5, 5.41) is 0. The third-order valence-electron chi connectivity index (χ3n) is 5.28. The zero-order valence-electron chi connectivity index (χ0n) is 16.9. The number of piperidine rings is 1. The first-order valence-electron chi connectivity index (χ1n) is 10.0. The Morgan fingerprint density at radius 2 is 1.84 bits per heavy atom. The molecule has 0 amide bonds. The summed E-state index contributed by atoms with van der Waals surface area (Å²) in [6, 6.07) is 7.88. The summed E-state index contributed by atoms with van der Waals surface area (Å²) < 4.78 is 14.1. The quantitative estimate of drug-likeness (QED) is 0.517. The third-order valence-corrected chi connectivity index (χ3v) is 5.28. The maximum absolute atomic E-state index is 14.1. The molecule has 4 rings (SSSR count). The molecular weight excluding hydrogens is 409 g/mol. The van der Waals surface area contributed by atoms with Gasteiger partial charge < -0.3 is 22.1 Å². The van der Waals surface area contributed by atoms with Gasteiger partial charge in [0, 0.05) is 55.2 Å². The summed E-state index contributed by atoms with van der Waals surface area (Å²) in [7, 11) is 0. The number of pyridine rings is 1. The molecule has 2 aromatic heterocycles. The van der Waals surface area contributed by atoms with Gasteiger partial charge in [-0.1, -0.05) is 19.6 Å². The summed E-state index contributed by atoms with van der Waals surface area (Å²) in [6.07, 6.45) is 5.43. The second-order valence-corrected chi connectivity index (χ2v) is 7.74. The second-order valence-electron chi connectivity index (χ2n) is 7.74. The molecule has 1 fully saturated rings. The molecular formula is C23H28FN7O. The van der Waals surface area contributed by atoms with E-state index in [1.165, 1.54) is 12.3 Å². The summed E-state index contributed by atoms with van der Waals surface area (Å²) in [5.41, 5.74) is 20.2. The summed E-state index contributed by atoms with van der Waals surface area (Å²) in [6.45, 7) is 1.29. The molecule has 1 aliphatic heterocycles. The number of hydrogen-bond donors (Lipinski definition) is 3. The minimum atomic E-state index is -0.474. The van der Waals surface area contributed by atoms with Gasteiger partial charge in [-0.25, -0.2) is 14.4 Å². The average molecular weight is 438 g/mol. The zero-order valence-corrected chi connectivity index (χ0v) is 16.9. The van der Waals surface area contributed by atoms with Crippen LogP contribution < -0.4 is 22.1 Å². The van der Waals surface area contributed by atoms with Gasteiger partial charge in [0.1, 0.15) is 11.5 Å². The van der Waals surface area contributed by atoms with Gasteiger partial charge in [0.2, 0.25) is 0 Å². The predicted octanol–water partition coefficient (Wildman–Crippen LogP) is 2.19. The maximum Gasteiger partial charge on any atom is 0.187 e. The van der Waals surface area contributed by atoms with Crippen molar-refractivity contribution in [3.63, 3.8) is 0 Å². The Bertz CT molecular complexity index is 1100. The highest BCUT2D eigenvalue weighted by Gasteiger charge is 2.25. The molecule has 0 radical (unpaired) electrons. The van der Waals surface area contributed by atoms with Crippen molar-refractivity contribution in [2.45, 2.75) is 32.4 Å². The molecule has 8 nitrogen and oxygen atoms in total. The first kappa shape index (κ1) is 23.2. The fourth-order valence-corrected chi connectivity index (χ4v) is 3.88. The number of carbonyl (C=O) groups is 1. The zero-order chi connectivity index (χ0) is 22.0. The maximum atomic E-state index is 14.1. The van der Waals surface area contributed by atoms with E-state index in [0.29, 0.717) is 13.1 Å². The van der Waals surface area contributed by atoms with Gasteiger partial charge in [0.15, 0.2) is 11.6 Å². The molecule has 1 aromatic carbocycles. The monoisotopic (exact) mass is 437 g/mol. The summed E-state index contributed by atoms with van der Waals surface area (Å²) in [4.78, 5) is 27.7. The number of ketones is 1. The Hall–Kier alpha value is -3.43. The van der Waals surface area contributed by atoms with Crippen LogP contribution in [-0.4, -0.2) is 45.9 Å². The van der Waals surface area contributed by atoms with Crippen LogP contribution in [0.1, 0.15) is 29.9 Å². The highest BCUT2D eigenvalue weighted by Crippen LogP contribution is 2.26. The molecule has 1 aliphatic rings. The number of nitrogens with two attached hydrogens (primary N) is 3. The first-order chi connectivity index (χ1) is 14.9. The lowest BCUT2D eigenvalue weighted by atomic mass is 9.99. The number of nitrogens with zero attached hydrogens (tertiary/aromatic N) is 4. The number of halogens is 1. The lowest BCUT2D eigenvalue weighted by Crippen LogP contribution is -2.52.